The van der Waals surface area contributed by atoms with Crippen molar-refractivity contribution in [2.75, 3.05) is 0 Å². The van der Waals surface area contributed by atoms with E-state index in [4.69, 9.17) is 12.2 Å². The molecule has 0 fully saturated rings. The Kier molecular flexibility index (Phi) is 4.82. The van der Waals surface area contributed by atoms with Gasteiger partial charge in [-0.1, -0.05) is 0 Å². The van der Waals surface area contributed by atoms with E-state index in [1.54, 1.807) is 12.1 Å². The van der Waals surface area contributed by atoms with Crippen molar-refractivity contribution < 1.29 is 4.79 Å². The molecule has 0 aliphatic heterocycles. The molecule has 0 bridgehead atoms. The van der Waals surface area contributed by atoms with Crippen molar-refractivity contribution in [3.05, 3.63) is 54.4 Å². The van der Waals surface area contributed by atoms with Crippen LogP contribution < -0.4 is 16.2 Å². The van der Waals surface area contributed by atoms with Gasteiger partial charge in [0.05, 0.1) is 0 Å². The number of carbonyl (C=O) groups is 1. The lowest BCUT2D eigenvalue weighted by molar-refractivity contribution is 0.0943. The number of carbonyl (C=O) groups excluding carboxylic acids is 1. The van der Waals surface area contributed by atoms with Gasteiger partial charge in [-0.05, 0) is 69.4 Å². The van der Waals surface area contributed by atoms with Crippen molar-refractivity contribution in [3.63, 3.8) is 0 Å². The van der Waals surface area contributed by atoms with Crippen LogP contribution in [0, 0.1) is 0 Å². The van der Waals surface area contributed by atoms with Gasteiger partial charge in [0.25, 0.3) is 5.91 Å². The predicted octanol–water partition coefficient (Wildman–Crippen LogP) is 2.38. The topological polar surface area (TPSA) is 58.1 Å². The summed E-state index contributed by atoms with van der Waals surface area (Å²) in [5.41, 5.74) is 6.67. The van der Waals surface area contributed by atoms with E-state index >= 15 is 0 Å². The molecule has 116 valence electrons. The zero-order valence-electron chi connectivity index (χ0n) is 12.9. The Labute approximate surface area is 135 Å². The molecule has 1 amide bonds. The second-order valence-electron chi connectivity index (χ2n) is 5.92. The SMILES string of the molecule is CC(C)(C)NC(=S)NNC(=O)c1ccc(-n2cccc2)cc1. The van der Waals surface area contributed by atoms with E-state index in [1.165, 1.54) is 0 Å². The number of rotatable bonds is 2. The first kappa shape index (κ1) is 16.0. The number of hydrazine groups is 1. The summed E-state index contributed by atoms with van der Waals surface area (Å²) >= 11 is 5.11. The summed E-state index contributed by atoms with van der Waals surface area (Å²) in [5, 5.41) is 3.44. The number of hydrogen-bond acceptors (Lipinski definition) is 2. The molecule has 0 atom stereocenters. The van der Waals surface area contributed by atoms with Crippen LogP contribution >= 0.6 is 12.2 Å². The van der Waals surface area contributed by atoms with Crippen LogP contribution in [0.2, 0.25) is 0 Å². The molecule has 0 radical (unpaired) electrons. The summed E-state index contributed by atoms with van der Waals surface area (Å²) in [6.45, 7) is 5.97. The Morgan fingerprint density at radius 2 is 1.64 bits per heavy atom. The van der Waals surface area contributed by atoms with Crippen LogP contribution in [0.4, 0.5) is 0 Å². The molecule has 0 unspecified atom stereocenters. The van der Waals surface area contributed by atoms with E-state index in [0.29, 0.717) is 10.7 Å². The Morgan fingerprint density at radius 1 is 1.05 bits per heavy atom. The minimum atomic E-state index is -0.239. The van der Waals surface area contributed by atoms with Crippen LogP contribution in [0.15, 0.2) is 48.8 Å². The third-order valence-electron chi connectivity index (χ3n) is 2.81. The van der Waals surface area contributed by atoms with Crippen LogP contribution in [-0.2, 0) is 0 Å². The smallest absolute Gasteiger partial charge is 0.269 e. The number of nitrogens with zero attached hydrogens (tertiary/aromatic N) is 1. The van der Waals surface area contributed by atoms with Gasteiger partial charge in [-0.2, -0.15) is 0 Å². The van der Waals surface area contributed by atoms with Crippen LogP contribution in [0.1, 0.15) is 31.1 Å². The maximum atomic E-state index is 12.0. The molecule has 5 nitrogen and oxygen atoms in total. The van der Waals surface area contributed by atoms with E-state index in [-0.39, 0.29) is 11.4 Å². The Bertz CT molecular complexity index is 642. The molecule has 0 saturated heterocycles. The molecule has 2 aromatic rings. The van der Waals surface area contributed by atoms with Gasteiger partial charge in [0.1, 0.15) is 0 Å². The first-order chi connectivity index (χ1) is 10.3. The molecular formula is C16H20N4OS. The summed E-state index contributed by atoms with van der Waals surface area (Å²) in [4.78, 5) is 12.0. The molecule has 0 aliphatic rings. The van der Waals surface area contributed by atoms with Crippen LogP contribution in [0.25, 0.3) is 5.69 Å². The fourth-order valence-electron chi connectivity index (χ4n) is 1.85. The molecule has 1 aromatic carbocycles. The predicted molar refractivity (Wildman–Crippen MR) is 91.9 cm³/mol. The average molecular weight is 316 g/mol. The molecule has 22 heavy (non-hydrogen) atoms. The summed E-state index contributed by atoms with van der Waals surface area (Å²) in [5.74, 6) is -0.239. The molecular weight excluding hydrogens is 296 g/mol. The fraction of sp³-hybridized carbons (Fsp3) is 0.250. The van der Waals surface area contributed by atoms with Crippen molar-refractivity contribution in [2.45, 2.75) is 26.3 Å². The van der Waals surface area contributed by atoms with Crippen LogP contribution in [0.3, 0.4) is 0 Å². The van der Waals surface area contributed by atoms with Crippen molar-refractivity contribution >= 4 is 23.2 Å². The molecule has 6 heteroatoms. The van der Waals surface area contributed by atoms with Gasteiger partial charge in [0.15, 0.2) is 5.11 Å². The molecule has 1 aromatic heterocycles. The third-order valence-corrected chi connectivity index (χ3v) is 3.01. The lowest BCUT2D eigenvalue weighted by atomic mass is 10.1. The van der Waals surface area contributed by atoms with Gasteiger partial charge in [-0.3, -0.25) is 15.6 Å². The largest absolute Gasteiger partial charge is 0.357 e. The van der Waals surface area contributed by atoms with E-state index in [9.17, 15) is 4.79 Å². The maximum Gasteiger partial charge on any atom is 0.269 e. The molecule has 0 spiro atoms. The maximum absolute atomic E-state index is 12.0. The number of nitrogens with one attached hydrogen (secondary N) is 3. The van der Waals surface area contributed by atoms with Crippen molar-refractivity contribution in [2.24, 2.45) is 0 Å². The zero-order valence-corrected chi connectivity index (χ0v) is 13.7. The molecule has 3 N–H and O–H groups in total. The lowest BCUT2D eigenvalue weighted by Crippen LogP contribution is -2.52. The molecule has 0 saturated carbocycles. The van der Waals surface area contributed by atoms with Gasteiger partial charge in [0, 0.05) is 29.2 Å². The highest BCUT2D eigenvalue weighted by Crippen LogP contribution is 2.09. The normalized spacial score (nSPS) is 10.9. The Hall–Kier alpha value is -2.34. The summed E-state index contributed by atoms with van der Waals surface area (Å²) in [7, 11) is 0. The molecule has 2 rings (SSSR count). The number of benzene rings is 1. The quantitative estimate of drug-likeness (QED) is 0.588. The Morgan fingerprint density at radius 3 is 2.18 bits per heavy atom. The summed E-state index contributed by atoms with van der Waals surface area (Å²) < 4.78 is 1.97. The third kappa shape index (κ3) is 4.60. The van der Waals surface area contributed by atoms with Gasteiger partial charge >= 0.3 is 0 Å². The van der Waals surface area contributed by atoms with Crippen LogP contribution in [0.5, 0.6) is 0 Å². The Balaban J connectivity index is 1.92. The number of amides is 1. The van der Waals surface area contributed by atoms with Gasteiger partial charge in [0.2, 0.25) is 0 Å². The fourth-order valence-corrected chi connectivity index (χ4v) is 2.21. The van der Waals surface area contributed by atoms with E-state index in [2.05, 4.69) is 16.2 Å². The second-order valence-corrected chi connectivity index (χ2v) is 6.33. The van der Waals surface area contributed by atoms with Crippen molar-refractivity contribution in [3.8, 4) is 5.69 Å². The monoisotopic (exact) mass is 316 g/mol. The van der Waals surface area contributed by atoms with Crippen molar-refractivity contribution in [1.29, 1.82) is 0 Å². The highest BCUT2D eigenvalue weighted by Gasteiger charge is 2.12. The number of aromatic nitrogens is 1. The lowest BCUT2D eigenvalue weighted by Gasteiger charge is -2.23. The van der Waals surface area contributed by atoms with Crippen LogP contribution in [-0.4, -0.2) is 21.1 Å². The highest BCUT2D eigenvalue weighted by atomic mass is 32.1. The highest BCUT2D eigenvalue weighted by molar-refractivity contribution is 7.80. The van der Waals surface area contributed by atoms with E-state index in [1.807, 2.05) is 62.0 Å². The van der Waals surface area contributed by atoms with Gasteiger partial charge in [-0.25, -0.2) is 0 Å². The first-order valence-corrected chi connectivity index (χ1v) is 7.38. The molecule has 1 heterocycles. The summed E-state index contributed by atoms with van der Waals surface area (Å²) in [6, 6.07) is 11.2. The zero-order chi connectivity index (χ0) is 16.2. The van der Waals surface area contributed by atoms with E-state index in [0.717, 1.165) is 5.69 Å². The summed E-state index contributed by atoms with van der Waals surface area (Å²) in [6.07, 6.45) is 3.90. The standard InChI is InChI=1S/C16H20N4OS/c1-16(2,3)17-15(22)19-18-14(21)12-6-8-13(9-7-12)20-10-4-5-11-20/h4-11H,1-3H3,(H,18,21)(H2,17,19,22). The molecule has 0 aliphatic carbocycles. The van der Waals surface area contributed by atoms with E-state index < -0.39 is 0 Å². The second kappa shape index (κ2) is 6.62. The number of hydrogen-bond donors (Lipinski definition) is 3. The average Bonchev–Trinajstić information content (AvgIpc) is 2.97. The van der Waals surface area contributed by atoms with Gasteiger partial charge in [-0.15, -0.1) is 0 Å². The minimum Gasteiger partial charge on any atom is -0.357 e. The van der Waals surface area contributed by atoms with Crippen molar-refractivity contribution in [1.82, 2.24) is 20.7 Å². The van der Waals surface area contributed by atoms with Gasteiger partial charge < -0.3 is 9.88 Å². The number of thiocarbonyl (C=S) groups is 1. The first-order valence-electron chi connectivity index (χ1n) is 6.97. The minimum absolute atomic E-state index is 0.160.